The predicted octanol–water partition coefficient (Wildman–Crippen LogP) is 3.50. The average molecular weight is 414 g/mol. The predicted molar refractivity (Wildman–Crippen MR) is 102 cm³/mol. The molecule has 0 bridgehead atoms. The lowest BCUT2D eigenvalue weighted by Gasteiger charge is -2.13. The minimum atomic E-state index is -4.42. The molecule has 10 heteroatoms. The van der Waals surface area contributed by atoms with E-state index < -0.39 is 12.8 Å². The number of alkyl halides is 3. The van der Waals surface area contributed by atoms with Crippen molar-refractivity contribution in [1.29, 1.82) is 0 Å². The minimum absolute atomic E-state index is 0.0252. The van der Waals surface area contributed by atoms with Crippen LogP contribution in [0.1, 0.15) is 29.8 Å². The van der Waals surface area contributed by atoms with Crippen LogP contribution in [0, 0.1) is 13.8 Å². The molecule has 0 aliphatic heterocycles. The molecule has 7 nitrogen and oxygen atoms in total. The lowest BCUT2D eigenvalue weighted by molar-refractivity contribution is -0.153. The number of hydrogen-bond acceptors (Lipinski definition) is 5. The van der Waals surface area contributed by atoms with E-state index in [4.69, 9.17) is 13.9 Å². The number of aromatic nitrogens is 1. The molecule has 1 aromatic heterocycles. The van der Waals surface area contributed by atoms with Crippen molar-refractivity contribution < 1.29 is 27.1 Å². The summed E-state index contributed by atoms with van der Waals surface area (Å²) in [5, 5.41) is 6.24. The maximum Gasteiger partial charge on any atom is 0.422 e. The second kappa shape index (κ2) is 10.0. The first-order chi connectivity index (χ1) is 13.7. The molecule has 1 heterocycles. The van der Waals surface area contributed by atoms with Crippen molar-refractivity contribution in [3.05, 3.63) is 41.1 Å². The smallest absolute Gasteiger partial charge is 0.422 e. The Labute approximate surface area is 167 Å². The highest BCUT2D eigenvalue weighted by Gasteiger charge is 2.29. The van der Waals surface area contributed by atoms with Crippen LogP contribution in [-0.4, -0.2) is 37.4 Å². The fourth-order valence-electron chi connectivity index (χ4n) is 2.38. The zero-order valence-corrected chi connectivity index (χ0v) is 16.8. The first-order valence-corrected chi connectivity index (χ1v) is 9.03. The number of guanidine groups is 1. The molecule has 29 heavy (non-hydrogen) atoms. The van der Waals surface area contributed by atoms with Gasteiger partial charge in [0.05, 0.1) is 25.9 Å². The molecule has 160 valence electrons. The van der Waals surface area contributed by atoms with Crippen molar-refractivity contribution in [3.8, 4) is 11.5 Å². The van der Waals surface area contributed by atoms with Crippen LogP contribution in [-0.2, 0) is 13.1 Å². The number of halogens is 3. The Kier molecular flexibility index (Phi) is 7.74. The van der Waals surface area contributed by atoms with Crippen LogP contribution in [0.2, 0.25) is 0 Å². The van der Waals surface area contributed by atoms with E-state index in [0.717, 1.165) is 17.0 Å². The Morgan fingerprint density at radius 2 is 1.97 bits per heavy atom. The molecule has 0 amide bonds. The number of nitrogens with one attached hydrogen (secondary N) is 2. The Morgan fingerprint density at radius 1 is 1.21 bits per heavy atom. The van der Waals surface area contributed by atoms with Gasteiger partial charge in [0.2, 0.25) is 5.89 Å². The van der Waals surface area contributed by atoms with Crippen molar-refractivity contribution in [2.24, 2.45) is 4.99 Å². The number of rotatable bonds is 8. The zero-order valence-electron chi connectivity index (χ0n) is 16.8. The van der Waals surface area contributed by atoms with Crippen LogP contribution in [0.3, 0.4) is 0 Å². The van der Waals surface area contributed by atoms with Gasteiger partial charge in [0, 0.05) is 6.54 Å². The summed E-state index contributed by atoms with van der Waals surface area (Å²) >= 11 is 0. The van der Waals surface area contributed by atoms with Crippen molar-refractivity contribution >= 4 is 5.96 Å². The number of nitrogens with zero attached hydrogens (tertiary/aromatic N) is 2. The first-order valence-electron chi connectivity index (χ1n) is 9.03. The Bertz CT molecular complexity index is 815. The molecule has 2 N–H and O–H groups in total. The molecular weight excluding hydrogens is 389 g/mol. The third kappa shape index (κ3) is 7.20. The molecule has 2 aromatic rings. The number of oxazole rings is 1. The van der Waals surface area contributed by atoms with Crippen molar-refractivity contribution in [3.63, 3.8) is 0 Å². The van der Waals surface area contributed by atoms with E-state index in [1.165, 1.54) is 13.2 Å². The molecule has 0 saturated carbocycles. The highest BCUT2D eigenvalue weighted by molar-refractivity contribution is 5.79. The van der Waals surface area contributed by atoms with Gasteiger partial charge in [0.15, 0.2) is 24.1 Å². The fourth-order valence-corrected chi connectivity index (χ4v) is 2.38. The SMILES string of the molecule is CCNC(=NCc1ccc(OCC(F)(F)F)c(OC)c1)NCc1nc(C)c(C)o1. The highest BCUT2D eigenvalue weighted by atomic mass is 19.4. The normalized spacial score (nSPS) is 12.0. The lowest BCUT2D eigenvalue weighted by atomic mass is 10.2. The molecule has 0 saturated heterocycles. The van der Waals surface area contributed by atoms with Gasteiger partial charge in [-0.15, -0.1) is 0 Å². The van der Waals surface area contributed by atoms with E-state index in [0.29, 0.717) is 24.9 Å². The molecule has 0 fully saturated rings. The summed E-state index contributed by atoms with van der Waals surface area (Å²) in [4.78, 5) is 8.77. The summed E-state index contributed by atoms with van der Waals surface area (Å²) in [5.41, 5.74) is 1.59. The van der Waals surface area contributed by atoms with Crippen molar-refractivity contribution in [2.45, 2.75) is 40.0 Å². The van der Waals surface area contributed by atoms with Crippen LogP contribution in [0.15, 0.2) is 27.6 Å². The van der Waals surface area contributed by atoms with Crippen LogP contribution >= 0.6 is 0 Å². The summed E-state index contributed by atoms with van der Waals surface area (Å²) in [6.07, 6.45) is -4.42. The largest absolute Gasteiger partial charge is 0.493 e. The molecule has 0 atom stereocenters. The van der Waals surface area contributed by atoms with Gasteiger partial charge in [-0.2, -0.15) is 13.2 Å². The molecule has 0 aliphatic rings. The molecule has 0 aliphatic carbocycles. The fraction of sp³-hybridized carbons (Fsp3) is 0.474. The van der Waals surface area contributed by atoms with Gasteiger partial charge in [0.25, 0.3) is 0 Å². The van der Waals surface area contributed by atoms with E-state index in [1.807, 2.05) is 20.8 Å². The number of hydrogen-bond donors (Lipinski definition) is 2. The van der Waals surface area contributed by atoms with E-state index in [2.05, 4.69) is 20.6 Å². The maximum atomic E-state index is 12.3. The van der Waals surface area contributed by atoms with Crippen LogP contribution < -0.4 is 20.1 Å². The number of ether oxygens (including phenoxy) is 2. The monoisotopic (exact) mass is 414 g/mol. The third-order valence-electron chi connectivity index (χ3n) is 3.86. The Hall–Kier alpha value is -2.91. The van der Waals surface area contributed by atoms with Gasteiger partial charge in [-0.25, -0.2) is 9.98 Å². The molecule has 1 aromatic carbocycles. The highest BCUT2D eigenvalue weighted by Crippen LogP contribution is 2.30. The number of aryl methyl sites for hydroxylation is 2. The van der Waals surface area contributed by atoms with Crippen molar-refractivity contribution in [2.75, 3.05) is 20.3 Å². The lowest BCUT2D eigenvalue weighted by Crippen LogP contribution is -2.36. The summed E-state index contributed by atoms with van der Waals surface area (Å²) in [5.74, 6) is 2.11. The van der Waals surface area contributed by atoms with Gasteiger partial charge in [-0.1, -0.05) is 6.07 Å². The van der Waals surface area contributed by atoms with Gasteiger partial charge < -0.3 is 24.5 Å². The van der Waals surface area contributed by atoms with Gasteiger partial charge >= 0.3 is 6.18 Å². The van der Waals surface area contributed by atoms with Crippen molar-refractivity contribution in [1.82, 2.24) is 15.6 Å². The molecule has 0 spiro atoms. The van der Waals surface area contributed by atoms with Crippen LogP contribution in [0.25, 0.3) is 0 Å². The zero-order chi connectivity index (χ0) is 21.4. The average Bonchev–Trinajstić information content (AvgIpc) is 2.99. The second-order valence-electron chi connectivity index (χ2n) is 6.19. The standard InChI is InChI=1S/C19H25F3N4O3/c1-5-23-18(25-10-17-26-12(2)13(3)29-17)24-9-14-6-7-15(16(8-14)27-4)28-11-19(20,21)22/h6-8H,5,9-11H2,1-4H3,(H2,23,24,25). The van der Waals surface area contributed by atoms with E-state index in [1.54, 1.807) is 12.1 Å². The first kappa shape index (κ1) is 22.4. The summed E-state index contributed by atoms with van der Waals surface area (Å²) in [6.45, 7) is 5.59. The van der Waals surface area contributed by atoms with E-state index in [-0.39, 0.29) is 18.0 Å². The Balaban J connectivity index is 2.03. The third-order valence-corrected chi connectivity index (χ3v) is 3.86. The number of benzene rings is 1. The maximum absolute atomic E-state index is 12.3. The number of methoxy groups -OCH3 is 1. The van der Waals surface area contributed by atoms with Crippen LogP contribution in [0.4, 0.5) is 13.2 Å². The topological polar surface area (TPSA) is 80.9 Å². The molecule has 0 radical (unpaired) electrons. The molecular formula is C19H25F3N4O3. The van der Waals surface area contributed by atoms with Gasteiger partial charge in [-0.05, 0) is 38.5 Å². The second-order valence-corrected chi connectivity index (χ2v) is 6.19. The van der Waals surface area contributed by atoms with E-state index in [9.17, 15) is 13.2 Å². The summed E-state index contributed by atoms with van der Waals surface area (Å²) in [6, 6.07) is 4.68. The molecule has 2 rings (SSSR count). The quantitative estimate of drug-likeness (QED) is 0.508. The number of aliphatic imine (C=N–C) groups is 1. The summed E-state index contributed by atoms with van der Waals surface area (Å²) < 4.78 is 52.5. The minimum Gasteiger partial charge on any atom is -0.493 e. The van der Waals surface area contributed by atoms with Gasteiger partial charge in [0.1, 0.15) is 5.76 Å². The Morgan fingerprint density at radius 3 is 2.55 bits per heavy atom. The van der Waals surface area contributed by atoms with E-state index >= 15 is 0 Å². The molecule has 0 unspecified atom stereocenters. The van der Waals surface area contributed by atoms with Crippen LogP contribution in [0.5, 0.6) is 11.5 Å². The summed E-state index contributed by atoms with van der Waals surface area (Å²) in [7, 11) is 1.37. The van der Waals surface area contributed by atoms with Gasteiger partial charge in [-0.3, -0.25) is 0 Å².